The smallest absolute Gasteiger partial charge is 0.251 e. The third kappa shape index (κ3) is 4.29. The Balaban J connectivity index is 1.99. The van der Waals surface area contributed by atoms with Crippen molar-refractivity contribution in [3.8, 4) is 5.69 Å². The molecule has 0 saturated heterocycles. The predicted octanol–water partition coefficient (Wildman–Crippen LogP) is 3.84. The van der Waals surface area contributed by atoms with Crippen LogP contribution in [0, 0.1) is 4.64 Å². The van der Waals surface area contributed by atoms with E-state index in [1.807, 2.05) is 30.3 Å². The Morgan fingerprint density at radius 1 is 1.29 bits per heavy atom. The average molecular weight is 303 g/mol. The number of carbonyl (C=O) groups excluding carboxylic acids is 1. The summed E-state index contributed by atoms with van der Waals surface area (Å²) in [4.78, 5) is 12.1. The quantitative estimate of drug-likeness (QED) is 0.603. The Bertz CT molecular complexity index is 645. The summed E-state index contributed by atoms with van der Waals surface area (Å²) in [5.41, 5.74) is 1.52. The van der Waals surface area contributed by atoms with Crippen molar-refractivity contribution in [3.05, 3.63) is 46.7 Å². The summed E-state index contributed by atoms with van der Waals surface area (Å²) in [6.07, 6.45) is 6.39. The lowest BCUT2D eigenvalue weighted by Gasteiger charge is -2.07. The number of H-pyrrole nitrogens is 1. The number of hydrogen-bond acceptors (Lipinski definition) is 2. The van der Waals surface area contributed by atoms with Crippen LogP contribution in [0.25, 0.3) is 5.69 Å². The summed E-state index contributed by atoms with van der Waals surface area (Å²) in [7, 11) is 0. The summed E-state index contributed by atoms with van der Waals surface area (Å²) >= 11 is 5.22. The second-order valence-corrected chi connectivity index (χ2v) is 5.42. The average Bonchev–Trinajstić information content (AvgIpc) is 2.93. The number of aromatic nitrogens is 2. The van der Waals surface area contributed by atoms with Crippen LogP contribution in [0.3, 0.4) is 0 Å². The summed E-state index contributed by atoms with van der Waals surface area (Å²) < 4.78 is 2.46. The molecule has 1 heterocycles. The zero-order valence-corrected chi connectivity index (χ0v) is 13.1. The molecule has 2 rings (SSSR count). The normalized spacial score (nSPS) is 10.5. The highest BCUT2D eigenvalue weighted by molar-refractivity contribution is 7.71. The third-order valence-corrected chi connectivity index (χ3v) is 3.65. The van der Waals surface area contributed by atoms with Gasteiger partial charge in [0.15, 0.2) is 0 Å². The molecule has 0 fully saturated rings. The van der Waals surface area contributed by atoms with Gasteiger partial charge in [0, 0.05) is 18.3 Å². The second kappa shape index (κ2) is 7.78. The van der Waals surface area contributed by atoms with Gasteiger partial charge >= 0.3 is 0 Å². The first-order chi connectivity index (χ1) is 10.2. The highest BCUT2D eigenvalue weighted by atomic mass is 32.1. The van der Waals surface area contributed by atoms with Crippen molar-refractivity contribution in [2.45, 2.75) is 32.6 Å². The standard InChI is InChI=1S/C16H21N3OS/c1-2-3-4-5-10-17-16(20)13-7-6-8-14(12-13)19-15(21)9-11-18-19/h6-9,11-12,18H,2-5,10H2,1H3,(H,17,20). The molecule has 112 valence electrons. The van der Waals surface area contributed by atoms with Gasteiger partial charge in [-0.25, -0.2) is 4.68 Å². The van der Waals surface area contributed by atoms with Crippen LogP contribution in [-0.4, -0.2) is 22.2 Å². The molecule has 2 N–H and O–H groups in total. The van der Waals surface area contributed by atoms with Gasteiger partial charge in [0.2, 0.25) is 0 Å². The largest absolute Gasteiger partial charge is 0.352 e. The van der Waals surface area contributed by atoms with Crippen molar-refractivity contribution in [1.29, 1.82) is 0 Å². The minimum atomic E-state index is -0.0357. The van der Waals surface area contributed by atoms with Crippen LogP contribution in [0.4, 0.5) is 0 Å². The minimum absolute atomic E-state index is 0.0357. The lowest BCUT2D eigenvalue weighted by atomic mass is 10.1. The first-order valence-electron chi connectivity index (χ1n) is 7.37. The van der Waals surface area contributed by atoms with E-state index in [1.165, 1.54) is 12.8 Å². The first-order valence-corrected chi connectivity index (χ1v) is 7.78. The van der Waals surface area contributed by atoms with E-state index >= 15 is 0 Å². The molecule has 0 aliphatic heterocycles. The van der Waals surface area contributed by atoms with Crippen LogP contribution in [-0.2, 0) is 0 Å². The van der Waals surface area contributed by atoms with Crippen molar-refractivity contribution in [1.82, 2.24) is 15.1 Å². The fourth-order valence-electron chi connectivity index (χ4n) is 2.17. The molecule has 2 aromatic rings. The fraction of sp³-hybridized carbons (Fsp3) is 0.375. The number of aromatic amines is 1. The van der Waals surface area contributed by atoms with E-state index in [9.17, 15) is 4.79 Å². The minimum Gasteiger partial charge on any atom is -0.352 e. The summed E-state index contributed by atoms with van der Waals surface area (Å²) in [5, 5.41) is 6.00. The van der Waals surface area contributed by atoms with Gasteiger partial charge in [-0.1, -0.05) is 44.5 Å². The predicted molar refractivity (Wildman–Crippen MR) is 87.4 cm³/mol. The highest BCUT2D eigenvalue weighted by Gasteiger charge is 2.06. The molecule has 0 spiro atoms. The summed E-state index contributed by atoms with van der Waals surface area (Å²) in [6.45, 7) is 2.90. The van der Waals surface area contributed by atoms with Crippen molar-refractivity contribution < 1.29 is 4.79 Å². The number of nitrogens with one attached hydrogen (secondary N) is 2. The number of amides is 1. The Labute approximate surface area is 130 Å². The van der Waals surface area contributed by atoms with Crippen LogP contribution in [0.15, 0.2) is 36.5 Å². The summed E-state index contributed by atoms with van der Waals surface area (Å²) in [5.74, 6) is -0.0357. The first kappa shape index (κ1) is 15.5. The monoisotopic (exact) mass is 303 g/mol. The molecule has 0 aliphatic rings. The number of hydrogen-bond donors (Lipinski definition) is 2. The van der Waals surface area contributed by atoms with Gasteiger partial charge in [-0.3, -0.25) is 4.79 Å². The summed E-state index contributed by atoms with van der Waals surface area (Å²) in [6, 6.07) is 9.26. The molecular formula is C16H21N3OS. The molecule has 1 aromatic heterocycles. The number of unbranched alkanes of at least 4 members (excludes halogenated alkanes) is 3. The molecule has 0 aliphatic carbocycles. The zero-order valence-electron chi connectivity index (χ0n) is 12.3. The van der Waals surface area contributed by atoms with E-state index in [0.29, 0.717) is 10.2 Å². The number of nitrogens with zero attached hydrogens (tertiary/aromatic N) is 1. The van der Waals surface area contributed by atoms with Gasteiger partial charge in [0.05, 0.1) is 5.69 Å². The van der Waals surface area contributed by atoms with E-state index in [4.69, 9.17) is 12.2 Å². The van der Waals surface area contributed by atoms with E-state index in [-0.39, 0.29) is 5.91 Å². The number of benzene rings is 1. The maximum Gasteiger partial charge on any atom is 0.251 e. The molecular weight excluding hydrogens is 282 g/mol. The lowest BCUT2D eigenvalue weighted by molar-refractivity contribution is 0.0953. The van der Waals surface area contributed by atoms with Gasteiger partial charge in [0.1, 0.15) is 4.64 Å². The molecule has 1 amide bonds. The Morgan fingerprint density at radius 3 is 2.86 bits per heavy atom. The van der Waals surface area contributed by atoms with Crippen molar-refractivity contribution in [2.24, 2.45) is 0 Å². The SMILES string of the molecule is CCCCCCNC(=O)c1cccc(-n2[nH]ccc2=S)c1. The van der Waals surface area contributed by atoms with Crippen molar-refractivity contribution in [3.63, 3.8) is 0 Å². The van der Waals surface area contributed by atoms with Gasteiger partial charge in [0.25, 0.3) is 5.91 Å². The van der Waals surface area contributed by atoms with Crippen LogP contribution < -0.4 is 5.32 Å². The van der Waals surface area contributed by atoms with Gasteiger partial charge in [-0.05, 0) is 30.7 Å². The second-order valence-electron chi connectivity index (χ2n) is 5.00. The van der Waals surface area contributed by atoms with Gasteiger partial charge in [-0.2, -0.15) is 0 Å². The Kier molecular flexibility index (Phi) is 5.75. The van der Waals surface area contributed by atoms with E-state index in [0.717, 1.165) is 25.1 Å². The van der Waals surface area contributed by atoms with Gasteiger partial charge < -0.3 is 10.4 Å². The van der Waals surface area contributed by atoms with Crippen LogP contribution >= 0.6 is 12.2 Å². The topological polar surface area (TPSA) is 49.8 Å². The molecule has 1 aromatic carbocycles. The third-order valence-electron chi connectivity index (χ3n) is 3.33. The highest BCUT2D eigenvalue weighted by Crippen LogP contribution is 2.10. The zero-order chi connectivity index (χ0) is 15.1. The maximum absolute atomic E-state index is 12.1. The van der Waals surface area contributed by atoms with Crippen molar-refractivity contribution in [2.75, 3.05) is 6.54 Å². The number of carbonyl (C=O) groups is 1. The molecule has 0 bridgehead atoms. The Morgan fingerprint density at radius 2 is 2.14 bits per heavy atom. The van der Waals surface area contributed by atoms with Crippen molar-refractivity contribution >= 4 is 18.1 Å². The fourth-order valence-corrected chi connectivity index (χ4v) is 2.39. The van der Waals surface area contributed by atoms with Crippen LogP contribution in [0.5, 0.6) is 0 Å². The lowest BCUT2D eigenvalue weighted by Crippen LogP contribution is -2.24. The molecule has 0 atom stereocenters. The molecule has 0 unspecified atom stereocenters. The molecule has 0 saturated carbocycles. The maximum atomic E-state index is 12.1. The molecule has 5 heteroatoms. The molecule has 21 heavy (non-hydrogen) atoms. The van der Waals surface area contributed by atoms with E-state index in [2.05, 4.69) is 17.3 Å². The number of rotatable bonds is 7. The van der Waals surface area contributed by atoms with E-state index < -0.39 is 0 Å². The van der Waals surface area contributed by atoms with E-state index in [1.54, 1.807) is 10.9 Å². The van der Waals surface area contributed by atoms with Gasteiger partial charge in [-0.15, -0.1) is 0 Å². The Hall–Kier alpha value is -1.88. The van der Waals surface area contributed by atoms with Crippen LogP contribution in [0.1, 0.15) is 43.0 Å². The molecule has 4 nitrogen and oxygen atoms in total. The van der Waals surface area contributed by atoms with Crippen LogP contribution in [0.2, 0.25) is 0 Å². The molecule has 0 radical (unpaired) electrons.